The normalized spacial score (nSPS) is 10.8. The lowest BCUT2D eigenvalue weighted by molar-refractivity contribution is -0.118. The first-order chi connectivity index (χ1) is 8.65. The van der Waals surface area contributed by atoms with Crippen molar-refractivity contribution in [3.05, 3.63) is 24.0 Å². The van der Waals surface area contributed by atoms with Crippen LogP contribution >= 0.6 is 11.6 Å². The molecule has 0 atom stereocenters. The van der Waals surface area contributed by atoms with Gasteiger partial charge in [-0.25, -0.2) is 4.98 Å². The van der Waals surface area contributed by atoms with Gasteiger partial charge in [-0.1, -0.05) is 0 Å². The Kier molecular flexibility index (Phi) is 3.72. The van der Waals surface area contributed by atoms with Gasteiger partial charge in [0, 0.05) is 18.4 Å². The van der Waals surface area contributed by atoms with Crippen molar-refractivity contribution in [1.82, 2.24) is 9.55 Å². The number of carbonyl (C=O) groups excluding carboxylic acids is 1. The first kappa shape index (κ1) is 12.7. The summed E-state index contributed by atoms with van der Waals surface area (Å²) < 4.78 is 6.95. The number of methoxy groups -OCH3 is 1. The first-order valence-corrected chi connectivity index (χ1v) is 6.06. The summed E-state index contributed by atoms with van der Waals surface area (Å²) in [5.41, 5.74) is 6.89. The number of alkyl halides is 1. The van der Waals surface area contributed by atoms with E-state index in [1.165, 1.54) is 0 Å². The molecule has 1 amide bonds. The van der Waals surface area contributed by atoms with Gasteiger partial charge in [0.25, 0.3) is 0 Å². The number of amides is 1. The molecule has 18 heavy (non-hydrogen) atoms. The standard InChI is InChI=1S/C12H14ClN3O2/c1-18-8-2-3-9-10(6-8)16(7-11(14)17)12(15-9)4-5-13/h2-3,6H,4-5,7H2,1H3,(H2,14,17). The SMILES string of the molecule is COc1ccc2nc(CCCl)n(CC(N)=O)c2c1. The number of aromatic nitrogens is 2. The molecule has 0 unspecified atom stereocenters. The van der Waals surface area contributed by atoms with E-state index >= 15 is 0 Å². The molecule has 96 valence electrons. The fraction of sp³-hybridized carbons (Fsp3) is 0.333. The van der Waals surface area contributed by atoms with E-state index in [2.05, 4.69) is 4.98 Å². The van der Waals surface area contributed by atoms with E-state index in [0.29, 0.717) is 18.1 Å². The van der Waals surface area contributed by atoms with E-state index in [9.17, 15) is 4.79 Å². The molecule has 0 bridgehead atoms. The number of hydrogen-bond donors (Lipinski definition) is 1. The highest BCUT2D eigenvalue weighted by atomic mass is 35.5. The van der Waals surface area contributed by atoms with Crippen molar-refractivity contribution < 1.29 is 9.53 Å². The van der Waals surface area contributed by atoms with Gasteiger partial charge in [-0.2, -0.15) is 0 Å². The van der Waals surface area contributed by atoms with Crippen LogP contribution in [0.3, 0.4) is 0 Å². The van der Waals surface area contributed by atoms with Crippen molar-refractivity contribution in [3.8, 4) is 5.75 Å². The molecule has 0 spiro atoms. The van der Waals surface area contributed by atoms with Crippen LogP contribution < -0.4 is 10.5 Å². The van der Waals surface area contributed by atoms with Gasteiger partial charge in [0.05, 0.1) is 18.1 Å². The summed E-state index contributed by atoms with van der Waals surface area (Å²) >= 11 is 5.74. The maximum Gasteiger partial charge on any atom is 0.237 e. The Bertz CT molecular complexity index is 580. The van der Waals surface area contributed by atoms with Crippen molar-refractivity contribution in [3.63, 3.8) is 0 Å². The van der Waals surface area contributed by atoms with Crippen LogP contribution in [-0.2, 0) is 17.8 Å². The zero-order chi connectivity index (χ0) is 13.1. The zero-order valence-electron chi connectivity index (χ0n) is 10.0. The highest BCUT2D eigenvalue weighted by molar-refractivity contribution is 6.17. The van der Waals surface area contributed by atoms with Crippen molar-refractivity contribution in [2.75, 3.05) is 13.0 Å². The van der Waals surface area contributed by atoms with E-state index < -0.39 is 5.91 Å². The Morgan fingerprint density at radius 3 is 2.94 bits per heavy atom. The van der Waals surface area contributed by atoms with Gasteiger partial charge in [-0.3, -0.25) is 4.79 Å². The highest BCUT2D eigenvalue weighted by Gasteiger charge is 2.12. The number of rotatable bonds is 5. The minimum atomic E-state index is -0.409. The molecule has 5 nitrogen and oxygen atoms in total. The van der Waals surface area contributed by atoms with E-state index in [1.807, 2.05) is 18.2 Å². The third-order valence-electron chi connectivity index (χ3n) is 2.67. The summed E-state index contributed by atoms with van der Waals surface area (Å²) in [5.74, 6) is 1.50. The molecule has 0 saturated carbocycles. The van der Waals surface area contributed by atoms with Crippen molar-refractivity contribution in [2.45, 2.75) is 13.0 Å². The van der Waals surface area contributed by atoms with E-state index in [0.717, 1.165) is 16.9 Å². The maximum atomic E-state index is 11.1. The second-order valence-corrected chi connectivity index (χ2v) is 4.25. The average molecular weight is 268 g/mol. The molecule has 0 aliphatic heterocycles. The minimum Gasteiger partial charge on any atom is -0.497 e. The molecule has 1 aromatic carbocycles. The molecule has 0 saturated heterocycles. The van der Waals surface area contributed by atoms with Crippen molar-refractivity contribution in [2.24, 2.45) is 5.73 Å². The van der Waals surface area contributed by atoms with Crippen LogP contribution in [0.15, 0.2) is 18.2 Å². The largest absolute Gasteiger partial charge is 0.497 e. The van der Waals surface area contributed by atoms with Gasteiger partial charge < -0.3 is 15.0 Å². The highest BCUT2D eigenvalue weighted by Crippen LogP contribution is 2.22. The second-order valence-electron chi connectivity index (χ2n) is 3.87. The third kappa shape index (κ3) is 2.41. The average Bonchev–Trinajstić information content (AvgIpc) is 2.67. The number of ether oxygens (including phenoxy) is 1. The summed E-state index contributed by atoms with van der Waals surface area (Å²) in [4.78, 5) is 15.6. The van der Waals surface area contributed by atoms with E-state index in [1.54, 1.807) is 11.7 Å². The molecule has 6 heteroatoms. The molecular formula is C12H14ClN3O2. The predicted octanol–water partition coefficient (Wildman–Crippen LogP) is 1.31. The quantitative estimate of drug-likeness (QED) is 0.831. The van der Waals surface area contributed by atoms with Gasteiger partial charge >= 0.3 is 0 Å². The molecule has 2 rings (SSSR count). The summed E-state index contributed by atoms with van der Waals surface area (Å²) in [7, 11) is 1.59. The van der Waals surface area contributed by atoms with Crippen molar-refractivity contribution >= 4 is 28.5 Å². The van der Waals surface area contributed by atoms with E-state index in [4.69, 9.17) is 22.1 Å². The lowest BCUT2D eigenvalue weighted by Gasteiger charge is -2.06. The zero-order valence-corrected chi connectivity index (χ0v) is 10.8. The molecule has 1 heterocycles. The summed E-state index contributed by atoms with van der Waals surface area (Å²) in [6, 6.07) is 5.51. The Hall–Kier alpha value is -1.75. The Balaban J connectivity index is 2.57. The number of hydrogen-bond acceptors (Lipinski definition) is 3. The number of nitrogens with zero attached hydrogens (tertiary/aromatic N) is 2. The number of benzene rings is 1. The number of primary amides is 1. The van der Waals surface area contributed by atoms with Crippen LogP contribution in [0.1, 0.15) is 5.82 Å². The summed E-state index contributed by atoms with van der Waals surface area (Å²) in [5, 5.41) is 0. The van der Waals surface area contributed by atoms with Gasteiger partial charge in [0.1, 0.15) is 18.1 Å². The number of fused-ring (bicyclic) bond motifs is 1. The summed E-state index contributed by atoms with van der Waals surface area (Å²) in [6.07, 6.45) is 0.589. The van der Waals surface area contributed by atoms with Crippen molar-refractivity contribution in [1.29, 1.82) is 0 Å². The molecule has 2 aromatic rings. The smallest absolute Gasteiger partial charge is 0.237 e. The van der Waals surface area contributed by atoms with Crippen LogP contribution in [0, 0.1) is 0 Å². The summed E-state index contributed by atoms with van der Waals surface area (Å²) in [6.45, 7) is 0.0931. The predicted molar refractivity (Wildman–Crippen MR) is 69.9 cm³/mol. The Morgan fingerprint density at radius 1 is 1.56 bits per heavy atom. The Morgan fingerprint density at radius 2 is 2.33 bits per heavy atom. The number of nitrogens with two attached hydrogens (primary N) is 1. The molecule has 0 radical (unpaired) electrons. The second kappa shape index (κ2) is 5.27. The lowest BCUT2D eigenvalue weighted by Crippen LogP contribution is -2.20. The monoisotopic (exact) mass is 267 g/mol. The van der Waals surface area contributed by atoms with Gasteiger partial charge in [0.15, 0.2) is 0 Å². The van der Waals surface area contributed by atoms with Gasteiger partial charge in [0.2, 0.25) is 5.91 Å². The molecule has 0 aliphatic carbocycles. The number of carbonyl (C=O) groups is 1. The Labute approximate surface area is 109 Å². The van der Waals surface area contributed by atoms with Gasteiger partial charge in [-0.05, 0) is 12.1 Å². The van der Waals surface area contributed by atoms with Gasteiger partial charge in [-0.15, -0.1) is 11.6 Å². The molecule has 0 fully saturated rings. The molecular weight excluding hydrogens is 254 g/mol. The third-order valence-corrected chi connectivity index (χ3v) is 2.86. The topological polar surface area (TPSA) is 70.1 Å². The molecule has 0 aliphatic rings. The lowest BCUT2D eigenvalue weighted by atomic mass is 10.3. The number of imidazole rings is 1. The molecule has 2 N–H and O–H groups in total. The van der Waals surface area contributed by atoms with Crippen LogP contribution in [0.4, 0.5) is 0 Å². The first-order valence-electron chi connectivity index (χ1n) is 5.53. The van der Waals surface area contributed by atoms with Crippen LogP contribution in [0.25, 0.3) is 11.0 Å². The number of halogens is 1. The molecule has 1 aromatic heterocycles. The van der Waals surface area contributed by atoms with Crippen LogP contribution in [0.2, 0.25) is 0 Å². The maximum absolute atomic E-state index is 11.1. The number of aryl methyl sites for hydroxylation is 1. The fourth-order valence-electron chi connectivity index (χ4n) is 1.89. The van der Waals surface area contributed by atoms with E-state index in [-0.39, 0.29) is 6.54 Å². The fourth-order valence-corrected chi connectivity index (χ4v) is 2.06. The minimum absolute atomic E-state index is 0.0931. The van der Waals surface area contributed by atoms with Crippen LogP contribution in [0.5, 0.6) is 5.75 Å². The van der Waals surface area contributed by atoms with Crippen LogP contribution in [-0.4, -0.2) is 28.4 Å².